The zero-order valence-corrected chi connectivity index (χ0v) is 13.4. The molecule has 24 heavy (non-hydrogen) atoms. The fraction of sp³-hybridized carbons (Fsp3) is 0.438. The molecule has 4 heterocycles. The van der Waals surface area contributed by atoms with Crippen molar-refractivity contribution in [2.75, 3.05) is 10.3 Å². The summed E-state index contributed by atoms with van der Waals surface area (Å²) in [6.45, 7) is 2.24. The lowest BCUT2D eigenvalue weighted by molar-refractivity contribution is -0.00603. The summed E-state index contributed by atoms with van der Waals surface area (Å²) in [6.07, 6.45) is 8.19. The topological polar surface area (TPSA) is 96.3 Å². The Morgan fingerprint density at radius 2 is 2.25 bits per heavy atom. The number of hydrazine groups is 2. The number of fused-ring (bicyclic) bond motifs is 2. The molecule has 1 saturated carbocycles. The van der Waals surface area contributed by atoms with Crippen LogP contribution in [0.1, 0.15) is 33.2 Å². The first-order chi connectivity index (χ1) is 11.7. The molecular formula is C16H21N7O. The Hall–Kier alpha value is -2.79. The normalized spacial score (nSPS) is 27.2. The van der Waals surface area contributed by atoms with E-state index in [1.165, 1.54) is 6.20 Å². The van der Waals surface area contributed by atoms with Crippen LogP contribution in [-0.4, -0.2) is 28.0 Å². The molecule has 0 aromatic carbocycles. The third kappa shape index (κ3) is 2.43. The number of carbonyl (C=O) groups is 1. The minimum atomic E-state index is -0.102. The average Bonchev–Trinajstić information content (AvgIpc) is 3.08. The van der Waals surface area contributed by atoms with E-state index in [0.717, 1.165) is 19.3 Å². The fourth-order valence-corrected chi connectivity index (χ4v) is 3.85. The van der Waals surface area contributed by atoms with E-state index in [0.29, 0.717) is 35.1 Å². The summed E-state index contributed by atoms with van der Waals surface area (Å²) in [5.74, 6) is 1.13. The summed E-state index contributed by atoms with van der Waals surface area (Å²) in [5, 5.41) is 13.8. The van der Waals surface area contributed by atoms with Crippen LogP contribution in [-0.2, 0) is 0 Å². The Kier molecular flexibility index (Phi) is 3.50. The van der Waals surface area contributed by atoms with Crippen LogP contribution in [0.2, 0.25) is 0 Å². The van der Waals surface area contributed by atoms with Crippen LogP contribution in [0.4, 0.5) is 16.3 Å². The van der Waals surface area contributed by atoms with E-state index in [4.69, 9.17) is 0 Å². The SMILES string of the molecule is CC1CC2CC(C1)N2C(=O)Nc1cc(N2C=CNN2)c(C#N)cn1.[HH]. The van der Waals surface area contributed by atoms with Gasteiger partial charge < -0.3 is 10.3 Å². The van der Waals surface area contributed by atoms with Crippen molar-refractivity contribution in [3.8, 4) is 6.07 Å². The van der Waals surface area contributed by atoms with Gasteiger partial charge in [-0.25, -0.2) is 9.78 Å². The molecule has 1 aromatic heterocycles. The largest absolute Gasteiger partial charge is 0.323 e. The first-order valence-corrected chi connectivity index (χ1v) is 8.12. The molecule has 8 nitrogen and oxygen atoms in total. The molecule has 3 aliphatic heterocycles. The van der Waals surface area contributed by atoms with Crippen molar-refractivity contribution >= 4 is 17.5 Å². The first-order valence-electron chi connectivity index (χ1n) is 8.12. The molecule has 2 bridgehead atoms. The van der Waals surface area contributed by atoms with Crippen LogP contribution in [0, 0.1) is 17.2 Å². The van der Waals surface area contributed by atoms with E-state index >= 15 is 0 Å². The van der Waals surface area contributed by atoms with Crippen molar-refractivity contribution in [2.24, 2.45) is 5.92 Å². The van der Waals surface area contributed by atoms with E-state index in [9.17, 15) is 10.1 Å². The van der Waals surface area contributed by atoms with Gasteiger partial charge in [-0.3, -0.25) is 10.3 Å². The number of nitrogens with zero attached hydrogens (tertiary/aromatic N) is 4. The van der Waals surface area contributed by atoms with E-state index in [2.05, 4.69) is 34.3 Å². The number of pyridine rings is 1. The molecule has 5 rings (SSSR count). The molecule has 1 aliphatic carbocycles. The number of anilines is 2. The van der Waals surface area contributed by atoms with E-state index < -0.39 is 0 Å². The number of hydrogen-bond acceptors (Lipinski definition) is 6. The molecule has 3 N–H and O–H groups in total. The average molecular weight is 327 g/mol. The van der Waals surface area contributed by atoms with Gasteiger partial charge in [-0.2, -0.15) is 5.26 Å². The van der Waals surface area contributed by atoms with Gasteiger partial charge in [-0.15, -0.1) is 5.53 Å². The molecule has 2 unspecified atom stereocenters. The van der Waals surface area contributed by atoms with Gasteiger partial charge in [0.25, 0.3) is 0 Å². The molecule has 0 spiro atoms. The number of amides is 2. The van der Waals surface area contributed by atoms with Crippen molar-refractivity contribution in [1.29, 1.82) is 5.26 Å². The molecule has 4 aliphatic rings. The minimum Gasteiger partial charge on any atom is -0.318 e. The second-order valence-corrected chi connectivity index (χ2v) is 6.60. The van der Waals surface area contributed by atoms with Crippen molar-refractivity contribution in [1.82, 2.24) is 20.8 Å². The highest BCUT2D eigenvalue weighted by Crippen LogP contribution is 2.41. The molecule has 2 amide bonds. The van der Waals surface area contributed by atoms with Gasteiger partial charge in [0.15, 0.2) is 0 Å². The maximum atomic E-state index is 12.6. The Bertz CT molecular complexity index is 734. The fourth-order valence-electron chi connectivity index (χ4n) is 3.85. The lowest BCUT2D eigenvalue weighted by Gasteiger charge is -2.54. The summed E-state index contributed by atoms with van der Waals surface area (Å²) >= 11 is 0. The molecule has 126 valence electrons. The number of rotatable bonds is 2. The van der Waals surface area contributed by atoms with Gasteiger partial charge in [-0.05, 0) is 25.2 Å². The molecule has 2 saturated heterocycles. The molecule has 1 aromatic rings. The van der Waals surface area contributed by atoms with Gasteiger partial charge in [0.05, 0.1) is 11.3 Å². The highest BCUT2D eigenvalue weighted by molar-refractivity contribution is 5.90. The number of carbonyl (C=O) groups excluding carboxylic acids is 1. The molecule has 0 radical (unpaired) electrons. The maximum absolute atomic E-state index is 12.6. The Labute approximate surface area is 141 Å². The number of aromatic nitrogens is 1. The Morgan fingerprint density at radius 1 is 1.46 bits per heavy atom. The van der Waals surface area contributed by atoms with E-state index in [1.807, 2.05) is 4.90 Å². The number of nitriles is 1. The van der Waals surface area contributed by atoms with Crippen molar-refractivity contribution in [2.45, 2.75) is 38.3 Å². The molecule has 8 heteroatoms. The third-order valence-electron chi connectivity index (χ3n) is 4.90. The van der Waals surface area contributed by atoms with Gasteiger partial charge >= 0.3 is 6.03 Å². The van der Waals surface area contributed by atoms with Crippen molar-refractivity contribution in [3.63, 3.8) is 0 Å². The predicted octanol–water partition coefficient (Wildman–Crippen LogP) is 1.90. The van der Waals surface area contributed by atoms with E-state index in [-0.39, 0.29) is 7.46 Å². The lowest BCUT2D eigenvalue weighted by Crippen LogP contribution is -2.63. The highest BCUT2D eigenvalue weighted by atomic mass is 16.2. The quantitative estimate of drug-likeness (QED) is 0.768. The van der Waals surface area contributed by atoms with Crippen molar-refractivity contribution < 1.29 is 6.22 Å². The standard InChI is InChI=1S/C16H19N7O.H2/c1-10-4-12-6-13(5-10)23(12)16(24)20-15-7-14(11(8-17)9-18-15)22-3-2-19-21-22;/h2-3,7,9-10,12-13,19,21H,4-6H2,1H3,(H,18,20,24);1H. The third-order valence-corrected chi connectivity index (χ3v) is 4.90. The number of urea groups is 1. The number of nitrogens with one attached hydrogen (secondary N) is 3. The van der Waals surface area contributed by atoms with Crippen LogP contribution in [0.15, 0.2) is 24.7 Å². The van der Waals surface area contributed by atoms with Gasteiger partial charge in [-0.1, -0.05) is 6.92 Å². The zero-order valence-electron chi connectivity index (χ0n) is 13.4. The Morgan fingerprint density at radius 3 is 2.92 bits per heavy atom. The maximum Gasteiger partial charge on any atom is 0.323 e. The van der Waals surface area contributed by atoms with Crippen LogP contribution >= 0.6 is 0 Å². The number of piperidine rings is 1. The van der Waals surface area contributed by atoms with Gasteiger partial charge in [0, 0.05) is 38.2 Å². The second kappa shape index (κ2) is 5.69. The molecular weight excluding hydrogens is 306 g/mol. The van der Waals surface area contributed by atoms with Gasteiger partial charge in [0.2, 0.25) is 0 Å². The van der Waals surface area contributed by atoms with E-state index in [1.54, 1.807) is 23.5 Å². The van der Waals surface area contributed by atoms with Crippen LogP contribution in [0.3, 0.4) is 0 Å². The summed E-state index contributed by atoms with van der Waals surface area (Å²) in [6, 6.07) is 4.40. The smallest absolute Gasteiger partial charge is 0.318 e. The first kappa shape index (κ1) is 14.8. The summed E-state index contributed by atoms with van der Waals surface area (Å²) in [4.78, 5) is 18.7. The van der Waals surface area contributed by atoms with Crippen LogP contribution in [0.25, 0.3) is 0 Å². The van der Waals surface area contributed by atoms with Crippen LogP contribution < -0.4 is 21.3 Å². The summed E-state index contributed by atoms with van der Waals surface area (Å²) in [5.41, 5.74) is 6.75. The summed E-state index contributed by atoms with van der Waals surface area (Å²) in [7, 11) is 0. The Balaban J connectivity index is 0.00000182. The monoisotopic (exact) mass is 327 g/mol. The van der Waals surface area contributed by atoms with Gasteiger partial charge in [0.1, 0.15) is 11.9 Å². The summed E-state index contributed by atoms with van der Waals surface area (Å²) < 4.78 is 0. The second-order valence-electron chi connectivity index (χ2n) is 6.60. The van der Waals surface area contributed by atoms with Crippen molar-refractivity contribution in [3.05, 3.63) is 30.2 Å². The lowest BCUT2D eigenvalue weighted by atomic mass is 9.74. The number of hydrogen-bond donors (Lipinski definition) is 3. The highest BCUT2D eigenvalue weighted by Gasteiger charge is 2.46. The van der Waals surface area contributed by atoms with Crippen LogP contribution in [0.5, 0.6) is 0 Å². The minimum absolute atomic E-state index is 0. The molecule has 3 fully saturated rings. The molecule has 2 atom stereocenters. The predicted molar refractivity (Wildman–Crippen MR) is 90.4 cm³/mol. The zero-order chi connectivity index (χ0) is 16.7.